The van der Waals surface area contributed by atoms with Crippen molar-refractivity contribution in [3.05, 3.63) is 46.3 Å². The van der Waals surface area contributed by atoms with Crippen LogP contribution in [0.5, 0.6) is 0 Å². The number of para-hydroxylation sites is 1. The number of carbonyl (C=O) groups is 1. The Morgan fingerprint density at radius 2 is 2.08 bits per heavy atom. The molecule has 4 rings (SSSR count). The van der Waals surface area contributed by atoms with Gasteiger partial charge >= 0.3 is 5.63 Å². The molecule has 2 aromatic rings. The van der Waals surface area contributed by atoms with Crippen LogP contribution in [0.4, 0.5) is 0 Å². The summed E-state index contributed by atoms with van der Waals surface area (Å²) in [6.07, 6.45) is 2.23. The summed E-state index contributed by atoms with van der Waals surface area (Å²) in [5.74, 6) is -0.248. The number of hydrogen-bond acceptors (Lipinski definition) is 5. The molecule has 1 aromatic carbocycles. The van der Waals surface area contributed by atoms with E-state index in [0.29, 0.717) is 31.3 Å². The van der Waals surface area contributed by atoms with Crippen molar-refractivity contribution in [1.82, 2.24) is 9.80 Å². The van der Waals surface area contributed by atoms with Crippen molar-refractivity contribution >= 4 is 16.9 Å². The van der Waals surface area contributed by atoms with Crippen molar-refractivity contribution in [3.63, 3.8) is 0 Å². The molecule has 1 aromatic heterocycles. The molecule has 0 saturated carbocycles. The molecule has 3 heterocycles. The van der Waals surface area contributed by atoms with Crippen molar-refractivity contribution in [2.45, 2.75) is 31.8 Å². The first-order valence-corrected chi connectivity index (χ1v) is 9.33. The minimum absolute atomic E-state index is 0.110. The van der Waals surface area contributed by atoms with E-state index in [1.165, 1.54) is 0 Å². The zero-order chi connectivity index (χ0) is 18.1. The molecule has 0 bridgehead atoms. The summed E-state index contributed by atoms with van der Waals surface area (Å²) in [4.78, 5) is 29.5. The highest BCUT2D eigenvalue weighted by Gasteiger charge is 2.37. The minimum Gasteiger partial charge on any atom is -0.422 e. The van der Waals surface area contributed by atoms with Gasteiger partial charge in [-0.2, -0.15) is 0 Å². The third-order valence-corrected chi connectivity index (χ3v) is 5.40. The minimum atomic E-state index is -0.570. The van der Waals surface area contributed by atoms with E-state index in [9.17, 15) is 9.59 Å². The zero-order valence-corrected chi connectivity index (χ0v) is 15.0. The van der Waals surface area contributed by atoms with E-state index in [1.54, 1.807) is 17.0 Å². The number of nitrogens with zero attached hydrogens (tertiary/aromatic N) is 2. The van der Waals surface area contributed by atoms with E-state index in [1.807, 2.05) is 18.2 Å². The van der Waals surface area contributed by atoms with Gasteiger partial charge in [-0.15, -0.1) is 0 Å². The number of benzene rings is 1. The Hall–Kier alpha value is -2.18. The maximum atomic E-state index is 13.0. The largest absolute Gasteiger partial charge is 0.422 e. The molecule has 0 aliphatic carbocycles. The summed E-state index contributed by atoms with van der Waals surface area (Å²) >= 11 is 0. The number of ether oxygens (including phenoxy) is 1. The third kappa shape index (κ3) is 3.15. The molecular weight excluding hydrogens is 332 g/mol. The molecule has 2 fully saturated rings. The van der Waals surface area contributed by atoms with Crippen LogP contribution in [-0.2, 0) is 4.74 Å². The van der Waals surface area contributed by atoms with Crippen LogP contribution in [0.15, 0.2) is 39.5 Å². The number of amides is 1. The monoisotopic (exact) mass is 356 g/mol. The van der Waals surface area contributed by atoms with Crippen LogP contribution in [0.3, 0.4) is 0 Å². The van der Waals surface area contributed by atoms with Crippen LogP contribution in [0.2, 0.25) is 0 Å². The second-order valence-corrected chi connectivity index (χ2v) is 7.11. The fraction of sp³-hybridized carbons (Fsp3) is 0.500. The van der Waals surface area contributed by atoms with Crippen molar-refractivity contribution < 1.29 is 13.9 Å². The van der Waals surface area contributed by atoms with E-state index in [-0.39, 0.29) is 17.5 Å². The van der Waals surface area contributed by atoms with E-state index in [0.717, 1.165) is 31.4 Å². The number of fused-ring (bicyclic) bond motifs is 2. The van der Waals surface area contributed by atoms with Gasteiger partial charge in [0.2, 0.25) is 0 Å². The average Bonchev–Trinajstić information content (AvgIpc) is 2.67. The van der Waals surface area contributed by atoms with Gasteiger partial charge in [-0.1, -0.05) is 31.5 Å². The number of carbonyl (C=O) groups excluding carboxylic acids is 1. The molecule has 0 spiro atoms. The molecule has 0 N–H and O–H groups in total. The molecule has 0 radical (unpaired) electrons. The summed E-state index contributed by atoms with van der Waals surface area (Å²) < 4.78 is 11.1. The Morgan fingerprint density at radius 1 is 1.23 bits per heavy atom. The van der Waals surface area contributed by atoms with E-state index in [4.69, 9.17) is 9.15 Å². The zero-order valence-electron chi connectivity index (χ0n) is 15.0. The van der Waals surface area contributed by atoms with Gasteiger partial charge in [-0.25, -0.2) is 4.79 Å². The molecular formula is C20H24N2O4. The molecule has 6 heteroatoms. The van der Waals surface area contributed by atoms with Gasteiger partial charge in [0.1, 0.15) is 11.1 Å². The number of hydrogen-bond donors (Lipinski definition) is 0. The lowest BCUT2D eigenvalue weighted by Crippen LogP contribution is -2.62. The van der Waals surface area contributed by atoms with Crippen LogP contribution in [-0.4, -0.2) is 60.6 Å². The molecule has 1 amide bonds. The van der Waals surface area contributed by atoms with Crippen molar-refractivity contribution in [1.29, 1.82) is 0 Å². The molecule has 2 saturated heterocycles. The second kappa shape index (κ2) is 7.21. The van der Waals surface area contributed by atoms with Gasteiger partial charge in [0, 0.05) is 31.1 Å². The summed E-state index contributed by atoms with van der Waals surface area (Å²) in [5, 5.41) is 0.762. The normalized spacial score (nSPS) is 23.8. The molecule has 138 valence electrons. The SMILES string of the molecule is CCC[C@H]1COC[C@H]2CN(C(=O)c3cc4ccccc4oc3=O)CCN12. The van der Waals surface area contributed by atoms with Gasteiger partial charge < -0.3 is 14.1 Å². The quantitative estimate of drug-likeness (QED) is 0.789. The lowest BCUT2D eigenvalue weighted by molar-refractivity contribution is -0.0776. The summed E-state index contributed by atoms with van der Waals surface area (Å²) in [5.41, 5.74) is 0.0424. The average molecular weight is 356 g/mol. The van der Waals surface area contributed by atoms with Crippen LogP contribution < -0.4 is 5.63 Å². The first-order valence-electron chi connectivity index (χ1n) is 9.33. The smallest absolute Gasteiger partial charge is 0.349 e. The standard InChI is InChI=1S/C20H24N2O4/c1-2-5-15-12-25-13-16-11-21(8-9-22(15)16)19(23)17-10-14-6-3-4-7-18(14)26-20(17)24/h3-4,6-7,10,15-16H,2,5,8-9,11-13H2,1H3/t15-,16+/m0/s1. The lowest BCUT2D eigenvalue weighted by atomic mass is 10.0. The highest BCUT2D eigenvalue weighted by atomic mass is 16.5. The van der Waals surface area contributed by atoms with Gasteiger partial charge in [0.15, 0.2) is 0 Å². The van der Waals surface area contributed by atoms with Gasteiger partial charge in [0.25, 0.3) is 5.91 Å². The highest BCUT2D eigenvalue weighted by molar-refractivity contribution is 5.96. The summed E-state index contributed by atoms with van der Waals surface area (Å²) in [7, 11) is 0. The van der Waals surface area contributed by atoms with Crippen LogP contribution in [0, 0.1) is 0 Å². The summed E-state index contributed by atoms with van der Waals surface area (Å²) in [6, 6.07) is 9.53. The first kappa shape index (κ1) is 17.2. The third-order valence-electron chi connectivity index (χ3n) is 5.40. The molecule has 0 unspecified atom stereocenters. The first-order chi connectivity index (χ1) is 12.7. The molecule has 2 aliphatic rings. The Kier molecular flexibility index (Phi) is 4.78. The Labute approximate surface area is 152 Å². The fourth-order valence-corrected chi connectivity index (χ4v) is 4.08. The Bertz CT molecular complexity index is 860. The predicted molar refractivity (Wildman–Crippen MR) is 98.4 cm³/mol. The highest BCUT2D eigenvalue weighted by Crippen LogP contribution is 2.22. The number of morpholine rings is 1. The molecule has 2 aliphatic heterocycles. The van der Waals surface area contributed by atoms with Crippen molar-refractivity contribution in [2.75, 3.05) is 32.8 Å². The van der Waals surface area contributed by atoms with Crippen LogP contribution in [0.25, 0.3) is 11.0 Å². The topological polar surface area (TPSA) is 63.0 Å². The Balaban J connectivity index is 1.55. The van der Waals surface area contributed by atoms with Crippen molar-refractivity contribution in [2.24, 2.45) is 0 Å². The fourth-order valence-electron chi connectivity index (χ4n) is 4.08. The number of piperazine rings is 1. The van der Waals surface area contributed by atoms with Crippen LogP contribution in [0.1, 0.15) is 30.1 Å². The molecule has 26 heavy (non-hydrogen) atoms. The maximum Gasteiger partial charge on any atom is 0.349 e. The number of rotatable bonds is 3. The molecule has 2 atom stereocenters. The van der Waals surface area contributed by atoms with Gasteiger partial charge in [-0.3, -0.25) is 9.69 Å². The lowest BCUT2D eigenvalue weighted by Gasteiger charge is -2.48. The summed E-state index contributed by atoms with van der Waals surface area (Å²) in [6.45, 7) is 5.63. The second-order valence-electron chi connectivity index (χ2n) is 7.11. The maximum absolute atomic E-state index is 13.0. The van der Waals surface area contributed by atoms with E-state index < -0.39 is 5.63 Å². The Morgan fingerprint density at radius 3 is 2.92 bits per heavy atom. The van der Waals surface area contributed by atoms with Crippen molar-refractivity contribution in [3.8, 4) is 0 Å². The van der Waals surface area contributed by atoms with E-state index in [2.05, 4.69) is 11.8 Å². The predicted octanol–water partition coefficient (Wildman–Crippen LogP) is 2.12. The van der Waals surface area contributed by atoms with E-state index >= 15 is 0 Å². The van der Waals surface area contributed by atoms with Gasteiger partial charge in [-0.05, 0) is 18.6 Å². The molecule has 6 nitrogen and oxygen atoms in total. The van der Waals surface area contributed by atoms with Gasteiger partial charge in [0.05, 0.1) is 19.3 Å². The van der Waals surface area contributed by atoms with Crippen LogP contribution >= 0.6 is 0 Å².